The molecule has 5 nitrogen and oxygen atoms in total. The maximum absolute atomic E-state index is 12.5. The Bertz CT molecular complexity index is 832. The first-order valence-electron chi connectivity index (χ1n) is 10.6. The van der Waals surface area contributed by atoms with Crippen LogP contribution in [0.1, 0.15) is 51.4 Å². The lowest BCUT2D eigenvalue weighted by Crippen LogP contribution is -2.40. The number of rotatable bonds is 6. The predicted octanol–water partition coefficient (Wildman–Crippen LogP) is 4.18. The van der Waals surface area contributed by atoms with E-state index in [-0.39, 0.29) is 5.56 Å². The highest BCUT2D eigenvalue weighted by Crippen LogP contribution is 2.29. The number of aromatic nitrogens is 2. The van der Waals surface area contributed by atoms with Crippen LogP contribution in [-0.4, -0.2) is 33.7 Å². The quantitative estimate of drug-likeness (QED) is 0.732. The van der Waals surface area contributed by atoms with Crippen LogP contribution in [-0.2, 0) is 11.3 Å². The number of likely N-dealkylation sites (tertiary alicyclic amines) is 1. The molecule has 3 heterocycles. The van der Waals surface area contributed by atoms with Crippen LogP contribution in [0.2, 0.25) is 0 Å². The van der Waals surface area contributed by atoms with E-state index < -0.39 is 0 Å². The summed E-state index contributed by atoms with van der Waals surface area (Å²) in [6.07, 6.45) is 8.96. The highest BCUT2D eigenvalue weighted by molar-refractivity contribution is 7.13. The van der Waals surface area contributed by atoms with Crippen LogP contribution in [0.25, 0.3) is 10.6 Å². The molecule has 6 heteroatoms. The molecule has 0 radical (unpaired) electrons. The van der Waals surface area contributed by atoms with E-state index in [1.165, 1.54) is 25.7 Å². The van der Waals surface area contributed by atoms with E-state index in [0.29, 0.717) is 24.8 Å². The minimum absolute atomic E-state index is 0.0459. The zero-order valence-corrected chi connectivity index (χ0v) is 17.2. The van der Waals surface area contributed by atoms with Crippen molar-refractivity contribution in [3.63, 3.8) is 0 Å². The average molecular weight is 400 g/mol. The summed E-state index contributed by atoms with van der Waals surface area (Å²) in [5.41, 5.74) is 0.810. The standard InChI is InChI=1S/C22H29N3O2S/c26-21(9-7-17-4-1-2-5-17)24-13-11-18(12-14-24)16-25-22(27)10-8-19(23-25)20-6-3-15-28-20/h3,6,8,10,15,17-18H,1-2,4-5,7,9,11-14,16H2. The topological polar surface area (TPSA) is 55.2 Å². The molecule has 0 spiro atoms. The second-order valence-electron chi connectivity index (χ2n) is 8.23. The van der Waals surface area contributed by atoms with Crippen molar-refractivity contribution in [1.82, 2.24) is 14.7 Å². The van der Waals surface area contributed by atoms with E-state index in [4.69, 9.17) is 0 Å². The van der Waals surface area contributed by atoms with Crippen molar-refractivity contribution < 1.29 is 4.79 Å². The summed E-state index contributed by atoms with van der Waals surface area (Å²) in [6, 6.07) is 7.44. The predicted molar refractivity (Wildman–Crippen MR) is 112 cm³/mol. The highest BCUT2D eigenvalue weighted by Gasteiger charge is 2.24. The molecule has 1 saturated heterocycles. The average Bonchev–Trinajstić information content (AvgIpc) is 3.42. The van der Waals surface area contributed by atoms with Crippen LogP contribution in [0.5, 0.6) is 0 Å². The minimum atomic E-state index is -0.0459. The second kappa shape index (κ2) is 9.03. The van der Waals surface area contributed by atoms with Crippen LogP contribution in [0.15, 0.2) is 34.4 Å². The van der Waals surface area contributed by atoms with Crippen LogP contribution < -0.4 is 5.56 Å². The number of hydrogen-bond acceptors (Lipinski definition) is 4. The van der Waals surface area contributed by atoms with Gasteiger partial charge in [0.1, 0.15) is 5.69 Å². The van der Waals surface area contributed by atoms with Gasteiger partial charge in [-0.25, -0.2) is 4.68 Å². The minimum Gasteiger partial charge on any atom is -0.343 e. The molecule has 0 atom stereocenters. The maximum Gasteiger partial charge on any atom is 0.266 e. The lowest BCUT2D eigenvalue weighted by molar-refractivity contribution is -0.133. The Labute approximate surface area is 170 Å². The van der Waals surface area contributed by atoms with Crippen LogP contribution in [0.4, 0.5) is 0 Å². The van der Waals surface area contributed by atoms with Gasteiger partial charge < -0.3 is 4.90 Å². The zero-order chi connectivity index (χ0) is 19.3. The van der Waals surface area contributed by atoms with Gasteiger partial charge in [-0.05, 0) is 48.6 Å². The van der Waals surface area contributed by atoms with Gasteiger partial charge in [0.05, 0.1) is 4.88 Å². The summed E-state index contributed by atoms with van der Waals surface area (Å²) in [4.78, 5) is 27.9. The molecule has 1 aliphatic heterocycles. The zero-order valence-electron chi connectivity index (χ0n) is 16.4. The molecule has 2 aromatic heterocycles. The smallest absolute Gasteiger partial charge is 0.266 e. The fraction of sp³-hybridized carbons (Fsp3) is 0.591. The number of thiophene rings is 1. The molecule has 0 N–H and O–H groups in total. The van der Waals surface area contributed by atoms with E-state index >= 15 is 0 Å². The van der Waals surface area contributed by atoms with E-state index in [2.05, 4.69) is 5.10 Å². The summed E-state index contributed by atoms with van der Waals surface area (Å²) in [5.74, 6) is 1.50. The van der Waals surface area contributed by atoms with Crippen molar-refractivity contribution in [3.8, 4) is 10.6 Å². The fourth-order valence-corrected chi connectivity index (χ4v) is 5.22. The highest BCUT2D eigenvalue weighted by atomic mass is 32.1. The normalized spacial score (nSPS) is 18.6. The number of carbonyl (C=O) groups is 1. The molecule has 0 aromatic carbocycles. The Morgan fingerprint density at radius 3 is 2.57 bits per heavy atom. The van der Waals surface area contributed by atoms with E-state index in [0.717, 1.165) is 48.8 Å². The summed E-state index contributed by atoms with van der Waals surface area (Å²) in [6.45, 7) is 2.27. The molecule has 0 unspecified atom stereocenters. The summed E-state index contributed by atoms with van der Waals surface area (Å²) >= 11 is 1.63. The Morgan fingerprint density at radius 2 is 1.86 bits per heavy atom. The summed E-state index contributed by atoms with van der Waals surface area (Å²) in [5, 5.41) is 6.59. The van der Waals surface area contributed by atoms with Gasteiger partial charge in [-0.2, -0.15) is 5.10 Å². The van der Waals surface area contributed by atoms with Gasteiger partial charge in [-0.1, -0.05) is 31.7 Å². The van der Waals surface area contributed by atoms with Crippen molar-refractivity contribution in [2.45, 2.75) is 57.9 Å². The summed E-state index contributed by atoms with van der Waals surface area (Å²) in [7, 11) is 0. The van der Waals surface area contributed by atoms with Gasteiger partial charge in [0.15, 0.2) is 0 Å². The number of amides is 1. The van der Waals surface area contributed by atoms with Crippen LogP contribution >= 0.6 is 11.3 Å². The molecule has 2 aromatic rings. The molecule has 1 amide bonds. The van der Waals surface area contributed by atoms with Gasteiger partial charge in [0.25, 0.3) is 5.56 Å². The van der Waals surface area contributed by atoms with E-state index in [9.17, 15) is 9.59 Å². The Kier molecular flexibility index (Phi) is 6.25. The number of carbonyl (C=O) groups excluding carboxylic acids is 1. The van der Waals surface area contributed by atoms with Crippen molar-refractivity contribution in [2.75, 3.05) is 13.1 Å². The third kappa shape index (κ3) is 4.72. The van der Waals surface area contributed by atoms with Crippen LogP contribution in [0, 0.1) is 11.8 Å². The molecule has 4 rings (SSSR count). The van der Waals surface area contributed by atoms with Gasteiger partial charge >= 0.3 is 0 Å². The lowest BCUT2D eigenvalue weighted by Gasteiger charge is -2.32. The molecular formula is C22H29N3O2S. The monoisotopic (exact) mass is 399 g/mol. The molecule has 0 bridgehead atoms. The third-order valence-corrected chi connectivity index (χ3v) is 7.17. The van der Waals surface area contributed by atoms with Crippen molar-refractivity contribution in [2.24, 2.45) is 11.8 Å². The molecule has 28 heavy (non-hydrogen) atoms. The van der Waals surface area contributed by atoms with Gasteiger partial charge in [-0.15, -0.1) is 11.3 Å². The van der Waals surface area contributed by atoms with Crippen LogP contribution in [0.3, 0.4) is 0 Å². The Hall–Kier alpha value is -1.95. The molecule has 2 aliphatic rings. The van der Waals surface area contributed by atoms with Gasteiger partial charge in [-0.3, -0.25) is 9.59 Å². The lowest BCUT2D eigenvalue weighted by atomic mass is 9.95. The van der Waals surface area contributed by atoms with E-state index in [1.807, 2.05) is 22.4 Å². The fourth-order valence-electron chi connectivity index (χ4n) is 4.53. The molecule has 150 valence electrons. The first kappa shape index (κ1) is 19.4. The molecule has 1 aliphatic carbocycles. The Balaban J connectivity index is 1.29. The van der Waals surface area contributed by atoms with Crippen molar-refractivity contribution in [3.05, 3.63) is 40.0 Å². The SMILES string of the molecule is O=C(CCC1CCCC1)N1CCC(Cn2nc(-c3cccs3)ccc2=O)CC1. The van der Waals surface area contributed by atoms with Gasteiger partial charge in [0.2, 0.25) is 5.91 Å². The molecule has 1 saturated carbocycles. The third-order valence-electron chi connectivity index (χ3n) is 6.28. The second-order valence-corrected chi connectivity index (χ2v) is 9.18. The number of nitrogens with zero attached hydrogens (tertiary/aromatic N) is 3. The molecule has 2 fully saturated rings. The van der Waals surface area contributed by atoms with Crippen molar-refractivity contribution in [1.29, 1.82) is 0 Å². The maximum atomic E-state index is 12.5. The summed E-state index contributed by atoms with van der Waals surface area (Å²) < 4.78 is 1.61. The number of piperidine rings is 1. The number of hydrogen-bond donors (Lipinski definition) is 0. The van der Waals surface area contributed by atoms with Gasteiger partial charge in [0, 0.05) is 32.1 Å². The largest absolute Gasteiger partial charge is 0.343 e. The molecular weight excluding hydrogens is 370 g/mol. The van der Waals surface area contributed by atoms with E-state index in [1.54, 1.807) is 28.2 Å². The Morgan fingerprint density at radius 1 is 1.07 bits per heavy atom. The first-order valence-corrected chi connectivity index (χ1v) is 11.5. The first-order chi connectivity index (χ1) is 13.7. The van der Waals surface area contributed by atoms with Crippen molar-refractivity contribution >= 4 is 17.2 Å².